The Morgan fingerprint density at radius 1 is 1.23 bits per heavy atom. The van der Waals surface area contributed by atoms with Gasteiger partial charge in [0.2, 0.25) is 10.1 Å². The predicted molar refractivity (Wildman–Crippen MR) is 99.8 cm³/mol. The fourth-order valence-electron chi connectivity index (χ4n) is 2.46. The lowest BCUT2D eigenvalue weighted by molar-refractivity contribution is 0.612. The second-order valence-electron chi connectivity index (χ2n) is 5.54. The monoisotopic (exact) mass is 383 g/mol. The summed E-state index contributed by atoms with van der Waals surface area (Å²) in [5, 5.41) is 17.6. The number of fused-ring (bicyclic) bond motifs is 1. The van der Waals surface area contributed by atoms with Crippen LogP contribution < -0.4 is 5.32 Å². The Morgan fingerprint density at radius 2 is 2.04 bits per heavy atom. The SMILES string of the molecule is N#Cc1ccc(CNc2nn3cc(-c4ccc(Cl)cc4)nc3s2)c(F)c1. The van der Waals surface area contributed by atoms with Crippen LogP contribution in [0.15, 0.2) is 48.7 Å². The highest BCUT2D eigenvalue weighted by Crippen LogP contribution is 2.25. The molecule has 0 amide bonds. The molecule has 4 rings (SSSR count). The molecule has 0 unspecified atom stereocenters. The maximum Gasteiger partial charge on any atom is 0.214 e. The third-order valence-corrected chi connectivity index (χ3v) is 4.93. The maximum atomic E-state index is 13.9. The Hall–Kier alpha value is -2.95. The van der Waals surface area contributed by atoms with Crippen molar-refractivity contribution in [2.45, 2.75) is 6.54 Å². The van der Waals surface area contributed by atoms with E-state index in [0.717, 1.165) is 16.2 Å². The topological polar surface area (TPSA) is 66.0 Å². The first-order valence-electron chi connectivity index (χ1n) is 7.67. The minimum Gasteiger partial charge on any atom is -0.356 e. The van der Waals surface area contributed by atoms with Crippen LogP contribution in [0.1, 0.15) is 11.1 Å². The largest absolute Gasteiger partial charge is 0.356 e. The Labute approximate surface area is 157 Å². The summed E-state index contributed by atoms with van der Waals surface area (Å²) in [5.74, 6) is -0.414. The number of nitrogens with one attached hydrogen (secondary N) is 1. The standard InChI is InChI=1S/C18H11ClFN5S/c19-14-5-3-12(4-6-14)16-10-25-18(23-16)26-17(24-25)22-9-13-2-1-11(8-21)7-15(13)20/h1-7,10H,9H2,(H,22,24). The summed E-state index contributed by atoms with van der Waals surface area (Å²) >= 11 is 7.28. The number of aromatic nitrogens is 3. The van der Waals surface area contributed by atoms with E-state index in [2.05, 4.69) is 15.4 Å². The third kappa shape index (κ3) is 3.25. The first-order chi connectivity index (χ1) is 12.6. The van der Waals surface area contributed by atoms with Gasteiger partial charge in [0.1, 0.15) is 5.82 Å². The highest BCUT2D eigenvalue weighted by atomic mass is 35.5. The molecule has 2 aromatic carbocycles. The second kappa shape index (κ2) is 6.75. The maximum absolute atomic E-state index is 13.9. The van der Waals surface area contributed by atoms with E-state index in [1.54, 1.807) is 16.6 Å². The quantitative estimate of drug-likeness (QED) is 0.553. The Morgan fingerprint density at radius 3 is 2.73 bits per heavy atom. The molecule has 0 fully saturated rings. The molecule has 1 N–H and O–H groups in total. The first-order valence-corrected chi connectivity index (χ1v) is 8.86. The molecule has 0 aliphatic rings. The van der Waals surface area contributed by atoms with E-state index in [-0.39, 0.29) is 6.54 Å². The number of halogens is 2. The number of rotatable bonds is 4. The number of hydrogen-bond donors (Lipinski definition) is 1. The van der Waals surface area contributed by atoms with Crippen LogP contribution in [0.25, 0.3) is 16.2 Å². The molecule has 2 heterocycles. The smallest absolute Gasteiger partial charge is 0.214 e. The van der Waals surface area contributed by atoms with Gasteiger partial charge < -0.3 is 5.32 Å². The van der Waals surface area contributed by atoms with Crippen molar-refractivity contribution >= 4 is 33.0 Å². The lowest BCUT2D eigenvalue weighted by atomic mass is 10.1. The molecule has 0 saturated heterocycles. The molecule has 8 heteroatoms. The molecule has 0 saturated carbocycles. The normalized spacial score (nSPS) is 10.8. The minimum absolute atomic E-state index is 0.276. The number of nitrogens with zero attached hydrogens (tertiary/aromatic N) is 4. The van der Waals surface area contributed by atoms with Gasteiger partial charge in [-0.3, -0.25) is 0 Å². The molecule has 128 valence electrons. The Bertz CT molecular complexity index is 1100. The van der Waals surface area contributed by atoms with Gasteiger partial charge in [-0.2, -0.15) is 5.26 Å². The summed E-state index contributed by atoms with van der Waals surface area (Å²) in [6.07, 6.45) is 1.84. The molecule has 0 spiro atoms. The Kier molecular flexibility index (Phi) is 4.29. The molecule has 0 radical (unpaired) electrons. The average molecular weight is 384 g/mol. The van der Waals surface area contributed by atoms with Crippen LogP contribution in [0.3, 0.4) is 0 Å². The zero-order chi connectivity index (χ0) is 18.1. The fourth-order valence-corrected chi connectivity index (χ4v) is 3.37. The predicted octanol–water partition coefficient (Wildman–Crippen LogP) is 4.73. The van der Waals surface area contributed by atoms with E-state index < -0.39 is 5.82 Å². The molecule has 5 nitrogen and oxygen atoms in total. The lowest BCUT2D eigenvalue weighted by Crippen LogP contribution is -2.02. The summed E-state index contributed by atoms with van der Waals surface area (Å²) in [4.78, 5) is 5.29. The number of nitriles is 1. The van der Waals surface area contributed by atoms with E-state index in [0.29, 0.717) is 21.3 Å². The molecule has 0 atom stereocenters. The van der Waals surface area contributed by atoms with Gasteiger partial charge in [-0.05, 0) is 24.3 Å². The van der Waals surface area contributed by atoms with Gasteiger partial charge >= 0.3 is 0 Å². The number of anilines is 1. The molecule has 26 heavy (non-hydrogen) atoms. The molecule has 0 bridgehead atoms. The third-order valence-electron chi connectivity index (χ3n) is 3.80. The van der Waals surface area contributed by atoms with Crippen LogP contribution in [-0.2, 0) is 6.54 Å². The van der Waals surface area contributed by atoms with Crippen molar-refractivity contribution in [3.8, 4) is 17.3 Å². The highest BCUT2D eigenvalue weighted by Gasteiger charge is 2.10. The van der Waals surface area contributed by atoms with Crippen molar-refractivity contribution in [1.82, 2.24) is 14.6 Å². The van der Waals surface area contributed by atoms with E-state index in [9.17, 15) is 4.39 Å². The lowest BCUT2D eigenvalue weighted by Gasteiger charge is -2.04. The number of hydrogen-bond acceptors (Lipinski definition) is 5. The van der Waals surface area contributed by atoms with Gasteiger partial charge in [0.15, 0.2) is 0 Å². The van der Waals surface area contributed by atoms with Gasteiger partial charge in [0.05, 0.1) is 23.5 Å². The first kappa shape index (κ1) is 16.5. The van der Waals surface area contributed by atoms with Crippen molar-refractivity contribution in [2.75, 3.05) is 5.32 Å². The van der Waals surface area contributed by atoms with Gasteiger partial charge in [0, 0.05) is 22.7 Å². The molecule has 2 aromatic heterocycles. The van der Waals surface area contributed by atoms with Crippen LogP contribution in [0, 0.1) is 17.1 Å². The Balaban J connectivity index is 1.51. The van der Waals surface area contributed by atoms with Gasteiger partial charge in [0.25, 0.3) is 0 Å². The minimum atomic E-state index is -0.414. The van der Waals surface area contributed by atoms with Crippen LogP contribution in [-0.4, -0.2) is 14.6 Å². The summed E-state index contributed by atoms with van der Waals surface area (Å²) in [6, 6.07) is 13.8. The summed E-state index contributed by atoms with van der Waals surface area (Å²) in [7, 11) is 0. The molecule has 0 aliphatic heterocycles. The molecular formula is C18H11ClFN5S. The summed E-state index contributed by atoms with van der Waals surface area (Å²) in [5.41, 5.74) is 2.54. The van der Waals surface area contributed by atoms with Gasteiger partial charge in [-0.1, -0.05) is 41.1 Å². The summed E-state index contributed by atoms with van der Waals surface area (Å²) < 4.78 is 15.6. The number of imidazole rings is 1. The van der Waals surface area contributed by atoms with E-state index >= 15 is 0 Å². The van der Waals surface area contributed by atoms with E-state index in [4.69, 9.17) is 16.9 Å². The van der Waals surface area contributed by atoms with Crippen molar-refractivity contribution in [2.24, 2.45) is 0 Å². The van der Waals surface area contributed by atoms with Gasteiger partial charge in [-0.15, -0.1) is 5.10 Å². The van der Waals surface area contributed by atoms with Crippen LogP contribution >= 0.6 is 22.9 Å². The van der Waals surface area contributed by atoms with Crippen LogP contribution in [0.4, 0.5) is 9.52 Å². The molecular weight excluding hydrogens is 373 g/mol. The molecule has 4 aromatic rings. The van der Waals surface area contributed by atoms with Crippen LogP contribution in [0.2, 0.25) is 5.02 Å². The average Bonchev–Trinajstić information content (AvgIpc) is 3.20. The zero-order valence-corrected chi connectivity index (χ0v) is 14.9. The van der Waals surface area contributed by atoms with Crippen molar-refractivity contribution in [1.29, 1.82) is 5.26 Å². The number of benzene rings is 2. The second-order valence-corrected chi connectivity index (χ2v) is 6.93. The highest BCUT2D eigenvalue weighted by molar-refractivity contribution is 7.20. The summed E-state index contributed by atoms with van der Waals surface area (Å²) in [6.45, 7) is 0.276. The molecule has 0 aliphatic carbocycles. The van der Waals surface area contributed by atoms with Crippen molar-refractivity contribution in [3.05, 3.63) is 70.6 Å². The fraction of sp³-hybridized carbons (Fsp3) is 0.0556. The van der Waals surface area contributed by atoms with Crippen LogP contribution in [0.5, 0.6) is 0 Å². The van der Waals surface area contributed by atoms with E-state index in [1.807, 2.05) is 36.5 Å². The van der Waals surface area contributed by atoms with Crippen molar-refractivity contribution < 1.29 is 4.39 Å². The van der Waals surface area contributed by atoms with Gasteiger partial charge in [-0.25, -0.2) is 13.9 Å². The zero-order valence-electron chi connectivity index (χ0n) is 13.3. The van der Waals surface area contributed by atoms with Crippen molar-refractivity contribution in [3.63, 3.8) is 0 Å². The van der Waals surface area contributed by atoms with E-state index in [1.165, 1.54) is 17.4 Å².